The number of carbonyl (C=O) groups is 2. The van der Waals surface area contributed by atoms with Crippen molar-refractivity contribution in [1.82, 2.24) is 0 Å². The van der Waals surface area contributed by atoms with Gasteiger partial charge in [-0.05, 0) is 32.0 Å². The van der Waals surface area contributed by atoms with Crippen LogP contribution in [0, 0.1) is 5.41 Å². The predicted octanol–water partition coefficient (Wildman–Crippen LogP) is 1.88. The Morgan fingerprint density at radius 2 is 2.05 bits per heavy atom. The summed E-state index contributed by atoms with van der Waals surface area (Å²) in [7, 11) is 1.50. The highest BCUT2D eigenvalue weighted by molar-refractivity contribution is 6.33. The number of amides is 1. The number of ketones is 1. The first kappa shape index (κ1) is 14.8. The van der Waals surface area contributed by atoms with Crippen molar-refractivity contribution in [3.8, 4) is 0 Å². The largest absolute Gasteiger partial charge is 0.398 e. The van der Waals surface area contributed by atoms with E-state index in [4.69, 9.17) is 22.1 Å². The molecule has 1 unspecified atom stereocenters. The summed E-state index contributed by atoms with van der Waals surface area (Å²) in [5.41, 5.74) is 5.59. The van der Waals surface area contributed by atoms with E-state index in [1.807, 2.05) is 0 Å². The Kier molecular flexibility index (Phi) is 3.75. The fourth-order valence-electron chi connectivity index (χ4n) is 2.35. The van der Waals surface area contributed by atoms with Crippen LogP contribution in [0.25, 0.3) is 0 Å². The molecule has 1 aromatic carbocycles. The number of methoxy groups -OCH3 is 1. The lowest BCUT2D eigenvalue weighted by molar-refractivity contribution is -0.133. The molecule has 0 bridgehead atoms. The number of nitrogen functional groups attached to an aromatic ring is 1. The molecule has 0 aliphatic carbocycles. The highest BCUT2D eigenvalue weighted by atomic mass is 35.5. The Labute approximate surface area is 122 Å². The molecule has 0 saturated carbocycles. The fourth-order valence-corrected chi connectivity index (χ4v) is 2.53. The average molecular weight is 297 g/mol. The van der Waals surface area contributed by atoms with Crippen molar-refractivity contribution in [2.45, 2.75) is 19.9 Å². The molecule has 0 radical (unpaired) electrons. The summed E-state index contributed by atoms with van der Waals surface area (Å²) in [4.78, 5) is 26.3. The maximum Gasteiger partial charge on any atom is 0.240 e. The molecule has 2 N–H and O–H groups in total. The first-order chi connectivity index (χ1) is 9.30. The maximum absolute atomic E-state index is 12.5. The van der Waals surface area contributed by atoms with Gasteiger partial charge < -0.3 is 10.5 Å². The molecule has 1 heterocycles. The van der Waals surface area contributed by atoms with Crippen molar-refractivity contribution in [3.05, 3.63) is 23.2 Å². The Morgan fingerprint density at radius 3 is 2.60 bits per heavy atom. The van der Waals surface area contributed by atoms with Crippen LogP contribution in [0.5, 0.6) is 0 Å². The fraction of sp³-hybridized carbons (Fsp3) is 0.429. The molecule has 0 spiro atoms. The number of Topliss-reactive ketones (excluding diaryl/α,β-unsaturated/α-hetero) is 1. The Balaban J connectivity index is 2.49. The Bertz CT molecular complexity index is 572. The van der Waals surface area contributed by atoms with E-state index in [-0.39, 0.29) is 18.3 Å². The topological polar surface area (TPSA) is 72.6 Å². The van der Waals surface area contributed by atoms with Gasteiger partial charge in [-0.2, -0.15) is 0 Å². The van der Waals surface area contributed by atoms with Crippen molar-refractivity contribution >= 4 is 34.7 Å². The summed E-state index contributed by atoms with van der Waals surface area (Å²) >= 11 is 5.99. The number of anilines is 2. The van der Waals surface area contributed by atoms with Crippen LogP contribution in [0.1, 0.15) is 13.8 Å². The van der Waals surface area contributed by atoms with Crippen LogP contribution in [-0.4, -0.2) is 31.4 Å². The van der Waals surface area contributed by atoms with Gasteiger partial charge in [0.1, 0.15) is 11.5 Å². The number of halogens is 1. The second-order valence-electron chi connectivity index (χ2n) is 5.34. The normalized spacial score (nSPS) is 21.6. The summed E-state index contributed by atoms with van der Waals surface area (Å²) < 4.78 is 5.07. The van der Waals surface area contributed by atoms with Crippen molar-refractivity contribution in [2.75, 3.05) is 24.4 Å². The van der Waals surface area contributed by atoms with Gasteiger partial charge in [0, 0.05) is 12.8 Å². The summed E-state index contributed by atoms with van der Waals surface area (Å²) in [5, 5.41) is 0.351. The Morgan fingerprint density at radius 1 is 1.40 bits per heavy atom. The van der Waals surface area contributed by atoms with Gasteiger partial charge in [0.2, 0.25) is 5.91 Å². The number of hydrogen-bond acceptors (Lipinski definition) is 4. The van der Waals surface area contributed by atoms with Crippen LogP contribution < -0.4 is 10.6 Å². The third-order valence-corrected chi connectivity index (χ3v) is 3.90. The van der Waals surface area contributed by atoms with Crippen molar-refractivity contribution in [3.63, 3.8) is 0 Å². The van der Waals surface area contributed by atoms with E-state index in [1.54, 1.807) is 32.0 Å². The van der Waals surface area contributed by atoms with Crippen LogP contribution in [0.4, 0.5) is 11.4 Å². The number of benzene rings is 1. The first-order valence-electron chi connectivity index (χ1n) is 6.22. The predicted molar refractivity (Wildman–Crippen MR) is 77.8 cm³/mol. The molecule has 2 rings (SSSR count). The SMILES string of the molecule is COCC1C(=O)C(C)(C)C(=O)N1c1ccc(N)c(Cl)c1. The molecular weight excluding hydrogens is 280 g/mol. The van der Waals surface area contributed by atoms with Gasteiger partial charge in [-0.3, -0.25) is 14.5 Å². The third kappa shape index (κ3) is 2.17. The van der Waals surface area contributed by atoms with Gasteiger partial charge in [0.05, 0.1) is 17.3 Å². The lowest BCUT2D eigenvalue weighted by Gasteiger charge is -2.23. The molecule has 1 fully saturated rings. The molecule has 108 valence electrons. The molecule has 0 aromatic heterocycles. The van der Waals surface area contributed by atoms with E-state index < -0.39 is 11.5 Å². The van der Waals surface area contributed by atoms with Gasteiger partial charge in [-0.1, -0.05) is 11.6 Å². The number of carbonyl (C=O) groups excluding carboxylic acids is 2. The molecule has 1 aliphatic heterocycles. The highest BCUT2D eigenvalue weighted by Crippen LogP contribution is 2.37. The van der Waals surface area contributed by atoms with Crippen LogP contribution in [0.15, 0.2) is 18.2 Å². The summed E-state index contributed by atoms with van der Waals surface area (Å²) in [6.07, 6.45) is 0. The van der Waals surface area contributed by atoms with Crippen molar-refractivity contribution in [2.24, 2.45) is 5.41 Å². The highest BCUT2D eigenvalue weighted by Gasteiger charge is 2.53. The van der Waals surface area contributed by atoms with Crippen LogP contribution in [0.2, 0.25) is 5.02 Å². The molecular formula is C14H17ClN2O3. The standard InChI is InChI=1S/C14H17ClN2O3/c1-14(2)12(18)11(7-20-3)17(13(14)19)8-4-5-10(16)9(15)6-8/h4-6,11H,7,16H2,1-3H3. The average Bonchev–Trinajstić information content (AvgIpc) is 2.55. The molecule has 1 aromatic rings. The molecule has 1 saturated heterocycles. The van der Waals surface area contributed by atoms with E-state index in [0.717, 1.165) is 0 Å². The molecule has 1 aliphatic rings. The van der Waals surface area contributed by atoms with Crippen molar-refractivity contribution in [1.29, 1.82) is 0 Å². The van der Waals surface area contributed by atoms with E-state index in [9.17, 15) is 9.59 Å². The number of rotatable bonds is 3. The summed E-state index contributed by atoms with van der Waals surface area (Å²) in [6, 6.07) is 4.25. The molecule has 5 nitrogen and oxygen atoms in total. The zero-order valence-corrected chi connectivity index (χ0v) is 12.4. The Hall–Kier alpha value is -1.59. The van der Waals surface area contributed by atoms with E-state index in [2.05, 4.69) is 0 Å². The lowest BCUT2D eigenvalue weighted by atomic mass is 9.88. The van der Waals surface area contributed by atoms with E-state index >= 15 is 0 Å². The molecule has 1 atom stereocenters. The van der Waals surface area contributed by atoms with Gasteiger partial charge in [-0.15, -0.1) is 0 Å². The quantitative estimate of drug-likeness (QED) is 0.683. The maximum atomic E-state index is 12.5. The number of hydrogen-bond donors (Lipinski definition) is 1. The van der Waals surface area contributed by atoms with Gasteiger partial charge >= 0.3 is 0 Å². The zero-order chi connectivity index (χ0) is 15.1. The number of ether oxygens (including phenoxy) is 1. The van der Waals surface area contributed by atoms with Crippen molar-refractivity contribution < 1.29 is 14.3 Å². The third-order valence-electron chi connectivity index (χ3n) is 3.57. The molecule has 6 heteroatoms. The van der Waals surface area contributed by atoms with Gasteiger partial charge in [0.15, 0.2) is 5.78 Å². The van der Waals surface area contributed by atoms with Crippen LogP contribution in [0.3, 0.4) is 0 Å². The summed E-state index contributed by atoms with van der Waals surface area (Å²) in [6.45, 7) is 3.40. The zero-order valence-electron chi connectivity index (χ0n) is 11.6. The minimum Gasteiger partial charge on any atom is -0.398 e. The van der Waals surface area contributed by atoms with Crippen LogP contribution in [-0.2, 0) is 14.3 Å². The monoisotopic (exact) mass is 296 g/mol. The minimum absolute atomic E-state index is 0.149. The van der Waals surface area contributed by atoms with E-state index in [1.165, 1.54) is 12.0 Å². The van der Waals surface area contributed by atoms with E-state index in [0.29, 0.717) is 16.4 Å². The van der Waals surface area contributed by atoms with Crippen LogP contribution >= 0.6 is 11.6 Å². The molecule has 20 heavy (non-hydrogen) atoms. The molecule has 1 amide bonds. The number of nitrogens with two attached hydrogens (primary N) is 1. The van der Waals surface area contributed by atoms with Gasteiger partial charge in [0.25, 0.3) is 0 Å². The van der Waals surface area contributed by atoms with Gasteiger partial charge in [-0.25, -0.2) is 0 Å². The second kappa shape index (κ2) is 5.07. The smallest absolute Gasteiger partial charge is 0.240 e. The summed E-state index contributed by atoms with van der Waals surface area (Å²) in [5.74, 6) is -0.414. The minimum atomic E-state index is -1.06. The second-order valence-corrected chi connectivity index (χ2v) is 5.75. The first-order valence-corrected chi connectivity index (χ1v) is 6.60. The lowest BCUT2D eigenvalue weighted by Crippen LogP contribution is -2.38. The number of nitrogens with zero attached hydrogens (tertiary/aromatic N) is 1.